The second-order valence-electron chi connectivity index (χ2n) is 15.0. The number of likely N-dealkylation sites (tertiary alicyclic amines) is 1. The zero-order chi connectivity index (χ0) is 32.0. The van der Waals surface area contributed by atoms with Gasteiger partial charge in [-0.3, -0.25) is 9.59 Å². The monoisotopic (exact) mass is 620 g/mol. The normalized spacial score (nSPS) is 25.8. The molecule has 3 saturated heterocycles. The van der Waals surface area contributed by atoms with Gasteiger partial charge in [0.2, 0.25) is 5.91 Å². The minimum Gasteiger partial charge on any atom is -0.451 e. The molecule has 0 radical (unpaired) electrons. The van der Waals surface area contributed by atoms with E-state index in [1.54, 1.807) is 11.1 Å². The first-order valence-corrected chi connectivity index (χ1v) is 16.8. The van der Waals surface area contributed by atoms with Crippen molar-refractivity contribution in [3.8, 4) is 11.5 Å². The highest BCUT2D eigenvalue weighted by Crippen LogP contribution is 2.47. The smallest absolute Gasteiger partial charge is 0.257 e. The van der Waals surface area contributed by atoms with E-state index in [0.29, 0.717) is 29.8 Å². The Morgan fingerprint density at radius 1 is 1.13 bits per heavy atom. The average molecular weight is 621 g/mol. The average Bonchev–Trinajstić information content (AvgIpc) is 3.21. The van der Waals surface area contributed by atoms with E-state index in [1.165, 1.54) is 37.4 Å². The first-order valence-electron chi connectivity index (χ1n) is 16.8. The van der Waals surface area contributed by atoms with Gasteiger partial charge in [0, 0.05) is 48.6 Å². The highest BCUT2D eigenvalue weighted by atomic mass is 19.1. The topological polar surface area (TPSA) is 90.9 Å². The van der Waals surface area contributed by atoms with E-state index in [-0.39, 0.29) is 39.8 Å². The maximum absolute atomic E-state index is 14.3. The van der Waals surface area contributed by atoms with Crippen LogP contribution in [0.2, 0.25) is 0 Å². The lowest BCUT2D eigenvalue weighted by Gasteiger charge is -2.55. The van der Waals surface area contributed by atoms with E-state index >= 15 is 0 Å². The number of nitrogens with one attached hydrogen (secondary N) is 1. The molecule has 4 heterocycles. The molecule has 2 amide bonds. The van der Waals surface area contributed by atoms with Gasteiger partial charge in [0.25, 0.3) is 5.91 Å². The Hall–Kier alpha value is -3.27. The summed E-state index contributed by atoms with van der Waals surface area (Å²) >= 11 is 0. The van der Waals surface area contributed by atoms with Gasteiger partial charge >= 0.3 is 0 Å². The van der Waals surface area contributed by atoms with Crippen LogP contribution in [0.3, 0.4) is 0 Å². The molecule has 4 fully saturated rings. The van der Waals surface area contributed by atoms with Crippen LogP contribution in [0.15, 0.2) is 30.7 Å². The maximum Gasteiger partial charge on any atom is 0.257 e. The molecule has 2 aromatic rings. The summed E-state index contributed by atoms with van der Waals surface area (Å²) in [6.07, 6.45) is 11.0. The van der Waals surface area contributed by atoms with Gasteiger partial charge in [-0.15, -0.1) is 0 Å². The molecule has 1 aromatic carbocycles. The fraction of sp³-hybridized carbons (Fsp3) is 0.657. The number of rotatable bonds is 8. The minimum absolute atomic E-state index is 0.0264. The van der Waals surface area contributed by atoms with Gasteiger partial charge in [-0.2, -0.15) is 0 Å². The second kappa shape index (κ2) is 12.2. The first-order chi connectivity index (χ1) is 21.4. The Morgan fingerprint density at radius 2 is 1.84 bits per heavy atom. The largest absolute Gasteiger partial charge is 0.451 e. The third kappa shape index (κ3) is 6.40. The molecule has 2 spiro atoms. The summed E-state index contributed by atoms with van der Waals surface area (Å²) in [4.78, 5) is 41.1. The van der Waals surface area contributed by atoms with E-state index in [9.17, 15) is 14.0 Å². The van der Waals surface area contributed by atoms with Crippen LogP contribution in [0, 0.1) is 22.6 Å². The maximum atomic E-state index is 14.3. The van der Waals surface area contributed by atoms with Crippen LogP contribution >= 0.6 is 0 Å². The van der Waals surface area contributed by atoms with Gasteiger partial charge in [0.15, 0.2) is 11.6 Å². The number of carbonyl (C=O) groups is 2. The molecule has 9 nitrogen and oxygen atoms in total. The van der Waals surface area contributed by atoms with Crippen molar-refractivity contribution < 1.29 is 18.7 Å². The molecule has 0 unspecified atom stereocenters. The van der Waals surface area contributed by atoms with Gasteiger partial charge < -0.3 is 24.8 Å². The van der Waals surface area contributed by atoms with Crippen LogP contribution in [0.1, 0.15) is 89.9 Å². The first kappa shape index (κ1) is 31.7. The third-order valence-electron chi connectivity index (χ3n) is 10.9. The summed E-state index contributed by atoms with van der Waals surface area (Å²) in [5.74, 6) is 1.65. The predicted molar refractivity (Wildman–Crippen MR) is 172 cm³/mol. The lowest BCUT2D eigenvalue weighted by molar-refractivity contribution is -0.126. The molecule has 244 valence electrons. The molecule has 6 rings (SSSR count). The predicted octanol–water partition coefficient (Wildman–Crippen LogP) is 5.66. The van der Waals surface area contributed by atoms with Gasteiger partial charge in [-0.05, 0) is 103 Å². The molecule has 1 aliphatic carbocycles. The Bertz CT molecular complexity index is 1410. The number of aromatic nitrogens is 2. The molecule has 1 aromatic heterocycles. The molecule has 1 N–H and O–H groups in total. The number of nitrogens with zero attached hydrogens (tertiary/aromatic N) is 5. The van der Waals surface area contributed by atoms with E-state index in [1.807, 2.05) is 20.8 Å². The third-order valence-corrected chi connectivity index (χ3v) is 10.9. The zero-order valence-corrected chi connectivity index (χ0v) is 27.6. The Kier molecular flexibility index (Phi) is 8.56. The van der Waals surface area contributed by atoms with Crippen LogP contribution in [-0.4, -0.2) is 82.4 Å². The van der Waals surface area contributed by atoms with E-state index < -0.39 is 5.82 Å². The van der Waals surface area contributed by atoms with Gasteiger partial charge in [-0.1, -0.05) is 13.8 Å². The second-order valence-corrected chi connectivity index (χ2v) is 15.0. The SMILES string of the molecule is CCN(C(=O)c1cc(F)ccc1Oc1cncnc1N1CC2(CCN(CC3CCC4(CC3)CC(C)(C)C(=O)N4)CC2)C1)C(C)C. The van der Waals surface area contributed by atoms with Crippen LogP contribution in [-0.2, 0) is 4.79 Å². The minimum atomic E-state index is -0.482. The van der Waals surface area contributed by atoms with Crippen molar-refractivity contribution in [2.45, 2.75) is 91.1 Å². The van der Waals surface area contributed by atoms with Gasteiger partial charge in [0.05, 0.1) is 11.8 Å². The van der Waals surface area contributed by atoms with Crippen LogP contribution < -0.4 is 15.0 Å². The van der Waals surface area contributed by atoms with Crippen LogP contribution in [0.4, 0.5) is 10.2 Å². The number of halogens is 1. The van der Waals surface area contributed by atoms with Gasteiger partial charge in [0.1, 0.15) is 17.9 Å². The molecular weight excluding hydrogens is 571 g/mol. The molecule has 0 atom stereocenters. The van der Waals surface area contributed by atoms with Crippen LogP contribution in [0.25, 0.3) is 0 Å². The van der Waals surface area contributed by atoms with Gasteiger partial charge in [-0.25, -0.2) is 14.4 Å². The molecule has 0 bridgehead atoms. The number of ether oxygens (including phenoxy) is 1. The molecular formula is C35H49FN6O3. The van der Waals surface area contributed by atoms with Crippen molar-refractivity contribution in [3.63, 3.8) is 0 Å². The van der Waals surface area contributed by atoms with E-state index in [0.717, 1.165) is 64.8 Å². The number of amides is 2. The summed E-state index contributed by atoms with van der Waals surface area (Å²) in [6, 6.07) is 4.04. The number of hydrogen-bond donors (Lipinski definition) is 1. The molecule has 1 saturated carbocycles. The number of piperidine rings is 1. The summed E-state index contributed by atoms with van der Waals surface area (Å²) in [5, 5.41) is 3.36. The number of anilines is 1. The fourth-order valence-electron chi connectivity index (χ4n) is 8.29. The molecule has 45 heavy (non-hydrogen) atoms. The van der Waals surface area contributed by atoms with Crippen molar-refractivity contribution in [2.75, 3.05) is 44.2 Å². The summed E-state index contributed by atoms with van der Waals surface area (Å²) in [5.41, 5.74) is 0.249. The van der Waals surface area contributed by atoms with E-state index in [4.69, 9.17) is 4.74 Å². The van der Waals surface area contributed by atoms with Crippen molar-refractivity contribution >= 4 is 17.6 Å². The Balaban J connectivity index is 1.04. The lowest BCUT2D eigenvalue weighted by Crippen LogP contribution is -2.61. The summed E-state index contributed by atoms with van der Waals surface area (Å²) in [7, 11) is 0. The highest BCUT2D eigenvalue weighted by Gasteiger charge is 2.50. The number of hydrogen-bond acceptors (Lipinski definition) is 7. The standard InChI is InChI=1S/C35H49FN6O3/c1-6-42(24(2)3)31(43)27-17-26(36)7-8-28(27)45-29-18-37-23-38-30(29)41-21-34(22-41)13-15-40(16-14-34)19-25-9-11-35(12-10-25)20-33(4,5)32(44)39-35/h7-8,17-18,23-25H,6,9-16,19-22H2,1-5H3,(H,39,44). The van der Waals surface area contributed by atoms with E-state index in [2.05, 4.69) is 38.9 Å². The van der Waals surface area contributed by atoms with Crippen molar-refractivity contribution in [1.29, 1.82) is 0 Å². The van der Waals surface area contributed by atoms with Crippen molar-refractivity contribution in [3.05, 3.63) is 42.1 Å². The van der Waals surface area contributed by atoms with Crippen molar-refractivity contribution in [1.82, 2.24) is 25.1 Å². The number of carbonyl (C=O) groups excluding carboxylic acids is 2. The highest BCUT2D eigenvalue weighted by molar-refractivity contribution is 5.97. The fourth-order valence-corrected chi connectivity index (χ4v) is 8.29. The number of benzene rings is 1. The lowest BCUT2D eigenvalue weighted by atomic mass is 9.70. The molecule has 3 aliphatic heterocycles. The quantitative estimate of drug-likeness (QED) is 0.408. The summed E-state index contributed by atoms with van der Waals surface area (Å²) in [6.45, 7) is 15.6. The molecule has 10 heteroatoms. The molecule has 4 aliphatic rings. The Labute approximate surface area is 266 Å². The van der Waals surface area contributed by atoms with Crippen LogP contribution in [0.5, 0.6) is 11.5 Å². The zero-order valence-electron chi connectivity index (χ0n) is 27.6. The van der Waals surface area contributed by atoms with Crippen molar-refractivity contribution in [2.24, 2.45) is 16.7 Å². The Morgan fingerprint density at radius 3 is 2.47 bits per heavy atom. The summed E-state index contributed by atoms with van der Waals surface area (Å²) < 4.78 is 20.5.